The molecule has 0 spiro atoms. The molecule has 1 aromatic carbocycles. The number of benzene rings is 1. The Morgan fingerprint density at radius 2 is 2.00 bits per heavy atom. The number of aryl methyl sites for hydroxylation is 2. The highest BCUT2D eigenvalue weighted by Gasteiger charge is 2.09. The summed E-state index contributed by atoms with van der Waals surface area (Å²) in [5.41, 5.74) is 4.38. The zero-order chi connectivity index (χ0) is 16.1. The van der Waals surface area contributed by atoms with Gasteiger partial charge in [-0.15, -0.1) is 0 Å². The van der Waals surface area contributed by atoms with E-state index in [-0.39, 0.29) is 5.91 Å². The average Bonchev–Trinajstić information content (AvgIpc) is 2.50. The van der Waals surface area contributed by atoms with Gasteiger partial charge in [0.05, 0.1) is 11.9 Å². The molecular weight excluding hydrogens is 274 g/mol. The lowest BCUT2D eigenvalue weighted by atomic mass is 10.1. The van der Waals surface area contributed by atoms with Crippen molar-refractivity contribution in [2.45, 2.75) is 40.2 Å². The van der Waals surface area contributed by atoms with Crippen molar-refractivity contribution in [3.63, 3.8) is 0 Å². The molecule has 1 heterocycles. The first-order valence-electron chi connectivity index (χ1n) is 7.60. The zero-order valence-electron chi connectivity index (χ0n) is 13.6. The minimum Gasteiger partial charge on any atom is -0.381 e. The van der Waals surface area contributed by atoms with Crippen LogP contribution >= 0.6 is 0 Å². The second-order valence-corrected chi connectivity index (χ2v) is 5.66. The molecule has 1 atom stereocenters. The summed E-state index contributed by atoms with van der Waals surface area (Å²) in [6.45, 7) is 8.25. The van der Waals surface area contributed by atoms with Gasteiger partial charge in [-0.25, -0.2) is 4.98 Å². The van der Waals surface area contributed by atoms with Crippen molar-refractivity contribution in [2.24, 2.45) is 0 Å². The van der Waals surface area contributed by atoms with Crippen LogP contribution in [-0.4, -0.2) is 16.9 Å². The standard InChI is InChI=1S/C18H23N3O/c1-5-14(4)20-15-7-9-17(19-11-15)18(22)21-16-8-6-12(2)10-13(16)3/h6-11,14,20H,5H2,1-4H3,(H,21,22). The molecule has 0 aliphatic heterocycles. The molecule has 0 bridgehead atoms. The molecule has 0 saturated carbocycles. The fraction of sp³-hybridized carbons (Fsp3) is 0.333. The number of carbonyl (C=O) groups excluding carboxylic acids is 1. The van der Waals surface area contributed by atoms with Crippen LogP contribution in [0.1, 0.15) is 41.9 Å². The monoisotopic (exact) mass is 297 g/mol. The van der Waals surface area contributed by atoms with Crippen molar-refractivity contribution in [1.82, 2.24) is 4.98 Å². The van der Waals surface area contributed by atoms with Crippen molar-refractivity contribution >= 4 is 17.3 Å². The Morgan fingerprint density at radius 3 is 2.59 bits per heavy atom. The molecule has 0 saturated heterocycles. The van der Waals surface area contributed by atoms with Crippen LogP contribution in [0.3, 0.4) is 0 Å². The Hall–Kier alpha value is -2.36. The lowest BCUT2D eigenvalue weighted by Gasteiger charge is -2.13. The van der Waals surface area contributed by atoms with E-state index in [2.05, 4.69) is 29.5 Å². The normalized spacial score (nSPS) is 11.8. The fourth-order valence-corrected chi connectivity index (χ4v) is 2.14. The molecule has 0 fully saturated rings. The van der Waals surface area contributed by atoms with E-state index in [0.717, 1.165) is 23.4 Å². The van der Waals surface area contributed by atoms with Gasteiger partial charge in [-0.2, -0.15) is 0 Å². The lowest BCUT2D eigenvalue weighted by molar-refractivity contribution is 0.102. The number of hydrogen-bond donors (Lipinski definition) is 2. The van der Waals surface area contributed by atoms with Crippen LogP contribution in [-0.2, 0) is 0 Å². The molecule has 2 rings (SSSR count). The maximum Gasteiger partial charge on any atom is 0.274 e. The molecule has 2 N–H and O–H groups in total. The van der Waals surface area contributed by atoms with E-state index >= 15 is 0 Å². The summed E-state index contributed by atoms with van der Waals surface area (Å²) < 4.78 is 0. The van der Waals surface area contributed by atoms with Gasteiger partial charge in [0.1, 0.15) is 5.69 Å². The summed E-state index contributed by atoms with van der Waals surface area (Å²) in [5.74, 6) is -0.193. The number of carbonyl (C=O) groups is 1. The number of pyridine rings is 1. The quantitative estimate of drug-likeness (QED) is 0.871. The number of hydrogen-bond acceptors (Lipinski definition) is 3. The third-order valence-electron chi connectivity index (χ3n) is 3.65. The van der Waals surface area contributed by atoms with Crippen LogP contribution in [0.2, 0.25) is 0 Å². The van der Waals surface area contributed by atoms with Gasteiger partial charge in [-0.3, -0.25) is 4.79 Å². The molecule has 0 aliphatic carbocycles. The van der Waals surface area contributed by atoms with Crippen molar-refractivity contribution in [2.75, 3.05) is 10.6 Å². The van der Waals surface area contributed by atoms with Crippen LogP contribution in [0.15, 0.2) is 36.5 Å². The summed E-state index contributed by atoms with van der Waals surface area (Å²) in [5, 5.41) is 6.23. The molecule has 0 aliphatic rings. The third-order valence-corrected chi connectivity index (χ3v) is 3.65. The molecule has 22 heavy (non-hydrogen) atoms. The topological polar surface area (TPSA) is 54.0 Å². The summed E-state index contributed by atoms with van der Waals surface area (Å²) in [7, 11) is 0. The van der Waals surface area contributed by atoms with E-state index in [1.165, 1.54) is 5.56 Å². The summed E-state index contributed by atoms with van der Waals surface area (Å²) in [6, 6.07) is 9.95. The molecule has 4 heteroatoms. The number of nitrogens with one attached hydrogen (secondary N) is 2. The van der Waals surface area contributed by atoms with E-state index in [1.54, 1.807) is 12.3 Å². The Morgan fingerprint density at radius 1 is 1.23 bits per heavy atom. The van der Waals surface area contributed by atoms with Crippen molar-refractivity contribution in [3.05, 3.63) is 53.3 Å². The van der Waals surface area contributed by atoms with Crippen molar-refractivity contribution < 1.29 is 4.79 Å². The van der Waals surface area contributed by atoms with Gasteiger partial charge in [-0.1, -0.05) is 24.6 Å². The van der Waals surface area contributed by atoms with Gasteiger partial charge in [0, 0.05) is 11.7 Å². The van der Waals surface area contributed by atoms with Gasteiger partial charge >= 0.3 is 0 Å². The number of nitrogens with zero attached hydrogens (tertiary/aromatic N) is 1. The molecule has 4 nitrogen and oxygen atoms in total. The van der Waals surface area contributed by atoms with Crippen molar-refractivity contribution in [1.29, 1.82) is 0 Å². The van der Waals surface area contributed by atoms with Gasteiger partial charge in [-0.05, 0) is 51.0 Å². The van der Waals surface area contributed by atoms with Crippen LogP contribution in [0, 0.1) is 13.8 Å². The predicted octanol–water partition coefficient (Wildman–Crippen LogP) is 4.16. The lowest BCUT2D eigenvalue weighted by Crippen LogP contribution is -2.16. The van der Waals surface area contributed by atoms with Gasteiger partial charge in [0.15, 0.2) is 0 Å². The average molecular weight is 297 g/mol. The number of amides is 1. The molecule has 0 radical (unpaired) electrons. The molecule has 1 unspecified atom stereocenters. The first-order valence-corrected chi connectivity index (χ1v) is 7.60. The Bertz CT molecular complexity index is 650. The molecule has 116 valence electrons. The maximum atomic E-state index is 12.2. The highest BCUT2D eigenvalue weighted by atomic mass is 16.1. The molecule has 2 aromatic rings. The summed E-state index contributed by atoms with van der Waals surface area (Å²) >= 11 is 0. The summed E-state index contributed by atoms with van der Waals surface area (Å²) in [4.78, 5) is 16.5. The number of rotatable bonds is 5. The Kier molecular flexibility index (Phi) is 5.15. The Labute approximate surface area is 132 Å². The Balaban J connectivity index is 2.06. The van der Waals surface area contributed by atoms with Crippen LogP contribution in [0.25, 0.3) is 0 Å². The number of aromatic nitrogens is 1. The van der Waals surface area contributed by atoms with Crippen LogP contribution in [0.5, 0.6) is 0 Å². The molecule has 1 amide bonds. The highest BCUT2D eigenvalue weighted by molar-refractivity contribution is 6.03. The second kappa shape index (κ2) is 7.07. The maximum absolute atomic E-state index is 12.2. The minimum atomic E-state index is -0.193. The molecule has 1 aromatic heterocycles. The molecular formula is C18H23N3O. The first-order chi connectivity index (χ1) is 10.5. The fourth-order valence-electron chi connectivity index (χ4n) is 2.14. The highest BCUT2D eigenvalue weighted by Crippen LogP contribution is 2.17. The van der Waals surface area contributed by atoms with E-state index in [1.807, 2.05) is 38.1 Å². The number of anilines is 2. The van der Waals surface area contributed by atoms with E-state index in [9.17, 15) is 4.79 Å². The minimum absolute atomic E-state index is 0.193. The largest absolute Gasteiger partial charge is 0.381 e. The van der Waals surface area contributed by atoms with Crippen LogP contribution in [0.4, 0.5) is 11.4 Å². The third kappa shape index (κ3) is 4.07. The van der Waals surface area contributed by atoms with Gasteiger partial charge in [0.25, 0.3) is 5.91 Å². The smallest absolute Gasteiger partial charge is 0.274 e. The van der Waals surface area contributed by atoms with Gasteiger partial charge < -0.3 is 10.6 Å². The van der Waals surface area contributed by atoms with E-state index in [4.69, 9.17) is 0 Å². The first kappa shape index (κ1) is 16.0. The summed E-state index contributed by atoms with van der Waals surface area (Å²) in [6.07, 6.45) is 2.73. The SMILES string of the molecule is CCC(C)Nc1ccc(C(=O)Nc2ccc(C)cc2C)nc1. The van der Waals surface area contributed by atoms with E-state index in [0.29, 0.717) is 11.7 Å². The van der Waals surface area contributed by atoms with Crippen LogP contribution < -0.4 is 10.6 Å². The zero-order valence-corrected chi connectivity index (χ0v) is 13.6. The van der Waals surface area contributed by atoms with Gasteiger partial charge in [0.2, 0.25) is 0 Å². The predicted molar refractivity (Wildman–Crippen MR) is 91.5 cm³/mol. The van der Waals surface area contributed by atoms with Crippen molar-refractivity contribution in [3.8, 4) is 0 Å². The second-order valence-electron chi connectivity index (χ2n) is 5.66. The van der Waals surface area contributed by atoms with E-state index < -0.39 is 0 Å².